The van der Waals surface area contributed by atoms with Crippen molar-refractivity contribution >= 4 is 23.0 Å². The third-order valence-corrected chi connectivity index (χ3v) is 3.74. The van der Waals surface area contributed by atoms with E-state index in [1.807, 2.05) is 0 Å². The molecule has 2 heterocycles. The minimum Gasteiger partial charge on any atom is -0.477 e. The van der Waals surface area contributed by atoms with E-state index < -0.39 is 5.97 Å². The highest BCUT2D eigenvalue weighted by atomic mass is 32.1. The molecule has 2 aromatic heterocycles. The molecular formula is C13H14N2O2S. The quantitative estimate of drug-likeness (QED) is 0.887. The van der Waals surface area contributed by atoms with Crippen LogP contribution in [0.15, 0.2) is 30.5 Å². The molecule has 0 aliphatic heterocycles. The van der Waals surface area contributed by atoms with Crippen LogP contribution in [0.4, 0.5) is 5.69 Å². The molecule has 0 amide bonds. The Morgan fingerprint density at radius 1 is 1.39 bits per heavy atom. The number of nitrogens with one attached hydrogen (secondary N) is 1. The van der Waals surface area contributed by atoms with Gasteiger partial charge < -0.3 is 10.4 Å². The summed E-state index contributed by atoms with van der Waals surface area (Å²) in [7, 11) is 0. The minimum atomic E-state index is -1.01. The van der Waals surface area contributed by atoms with E-state index in [1.165, 1.54) is 15.8 Å². The number of thiophene rings is 1. The van der Waals surface area contributed by atoms with Crippen LogP contribution in [-0.4, -0.2) is 16.1 Å². The van der Waals surface area contributed by atoms with Crippen LogP contribution in [0.3, 0.4) is 0 Å². The van der Waals surface area contributed by atoms with E-state index in [0.717, 1.165) is 5.69 Å². The molecule has 18 heavy (non-hydrogen) atoms. The summed E-state index contributed by atoms with van der Waals surface area (Å²) in [4.78, 5) is 17.1. The third-order valence-electron chi connectivity index (χ3n) is 2.55. The Kier molecular flexibility index (Phi) is 3.62. The Balaban J connectivity index is 2.07. The second-order valence-electron chi connectivity index (χ2n) is 4.05. The largest absolute Gasteiger partial charge is 0.477 e. The van der Waals surface area contributed by atoms with Crippen LogP contribution in [0.1, 0.15) is 33.2 Å². The lowest BCUT2D eigenvalue weighted by Gasteiger charge is -2.13. The normalized spacial score (nSPS) is 12.1. The fraction of sp³-hybridized carbons (Fsp3) is 0.231. The molecule has 0 spiro atoms. The van der Waals surface area contributed by atoms with Crippen LogP contribution < -0.4 is 5.32 Å². The molecule has 2 rings (SSSR count). The molecule has 0 fully saturated rings. The Labute approximate surface area is 109 Å². The smallest absolute Gasteiger partial charge is 0.354 e. The maximum Gasteiger partial charge on any atom is 0.354 e. The van der Waals surface area contributed by atoms with Crippen LogP contribution >= 0.6 is 11.3 Å². The predicted molar refractivity (Wildman–Crippen MR) is 72.3 cm³/mol. The SMILES string of the molecule is Cc1ccc(C(C)Nc2ccc(C(=O)O)nc2)s1. The molecule has 2 N–H and O–H groups in total. The molecule has 1 unspecified atom stereocenters. The number of nitrogens with zero attached hydrogens (tertiary/aromatic N) is 1. The summed E-state index contributed by atoms with van der Waals surface area (Å²) >= 11 is 1.75. The van der Waals surface area contributed by atoms with Crippen molar-refractivity contribution in [3.8, 4) is 0 Å². The number of carbonyl (C=O) groups is 1. The summed E-state index contributed by atoms with van der Waals surface area (Å²) in [6.07, 6.45) is 1.54. The van der Waals surface area contributed by atoms with Crippen molar-refractivity contribution in [3.63, 3.8) is 0 Å². The molecule has 0 radical (unpaired) electrons. The molecule has 0 saturated heterocycles. The van der Waals surface area contributed by atoms with Gasteiger partial charge >= 0.3 is 5.97 Å². The van der Waals surface area contributed by atoms with Gasteiger partial charge in [-0.2, -0.15) is 0 Å². The minimum absolute atomic E-state index is 0.0557. The Hall–Kier alpha value is -1.88. The van der Waals surface area contributed by atoms with Gasteiger partial charge in [-0.3, -0.25) is 0 Å². The van der Waals surface area contributed by atoms with E-state index in [0.29, 0.717) is 0 Å². The summed E-state index contributed by atoms with van der Waals surface area (Å²) in [6.45, 7) is 4.14. The fourth-order valence-corrected chi connectivity index (χ4v) is 2.49. The number of pyridine rings is 1. The summed E-state index contributed by atoms with van der Waals surface area (Å²) in [5, 5.41) is 12.0. The van der Waals surface area contributed by atoms with Gasteiger partial charge in [-0.15, -0.1) is 11.3 Å². The van der Waals surface area contributed by atoms with Gasteiger partial charge in [-0.25, -0.2) is 9.78 Å². The molecule has 2 aromatic rings. The van der Waals surface area contributed by atoms with E-state index >= 15 is 0 Å². The van der Waals surface area contributed by atoms with Crippen LogP contribution in [0, 0.1) is 6.92 Å². The zero-order chi connectivity index (χ0) is 13.1. The lowest BCUT2D eigenvalue weighted by atomic mass is 10.2. The van der Waals surface area contributed by atoms with Crippen LogP contribution in [0.25, 0.3) is 0 Å². The van der Waals surface area contributed by atoms with E-state index in [-0.39, 0.29) is 11.7 Å². The first-order chi connectivity index (χ1) is 8.56. The maximum absolute atomic E-state index is 10.7. The van der Waals surface area contributed by atoms with Crippen molar-refractivity contribution in [2.45, 2.75) is 19.9 Å². The third kappa shape index (κ3) is 2.87. The number of anilines is 1. The van der Waals surface area contributed by atoms with E-state index in [4.69, 9.17) is 5.11 Å². The molecule has 0 aliphatic carbocycles. The van der Waals surface area contributed by atoms with Gasteiger partial charge in [0.05, 0.1) is 17.9 Å². The molecule has 5 heteroatoms. The lowest BCUT2D eigenvalue weighted by molar-refractivity contribution is 0.0690. The monoisotopic (exact) mass is 262 g/mol. The Morgan fingerprint density at radius 2 is 2.17 bits per heavy atom. The number of aryl methyl sites for hydroxylation is 1. The zero-order valence-electron chi connectivity index (χ0n) is 10.2. The van der Waals surface area contributed by atoms with Crippen LogP contribution in [0.2, 0.25) is 0 Å². The van der Waals surface area contributed by atoms with Crippen molar-refractivity contribution in [2.24, 2.45) is 0 Å². The molecule has 0 aliphatic rings. The molecule has 0 bridgehead atoms. The van der Waals surface area contributed by atoms with Gasteiger partial charge in [0.2, 0.25) is 0 Å². The van der Waals surface area contributed by atoms with Gasteiger partial charge in [0, 0.05) is 9.75 Å². The van der Waals surface area contributed by atoms with E-state index in [2.05, 4.69) is 36.3 Å². The molecular weight excluding hydrogens is 248 g/mol. The number of rotatable bonds is 4. The Morgan fingerprint density at radius 3 is 2.67 bits per heavy atom. The molecule has 0 saturated carbocycles. The second kappa shape index (κ2) is 5.18. The number of aromatic carboxylic acids is 1. The molecule has 94 valence electrons. The van der Waals surface area contributed by atoms with Gasteiger partial charge in [0.1, 0.15) is 5.69 Å². The average Bonchev–Trinajstić information content (AvgIpc) is 2.76. The van der Waals surface area contributed by atoms with E-state index in [1.54, 1.807) is 23.6 Å². The second-order valence-corrected chi connectivity index (χ2v) is 5.37. The average molecular weight is 262 g/mol. The van der Waals surface area contributed by atoms with Crippen molar-refractivity contribution < 1.29 is 9.90 Å². The van der Waals surface area contributed by atoms with Crippen molar-refractivity contribution in [1.29, 1.82) is 0 Å². The lowest BCUT2D eigenvalue weighted by Crippen LogP contribution is -2.06. The van der Waals surface area contributed by atoms with Crippen molar-refractivity contribution in [3.05, 3.63) is 45.9 Å². The zero-order valence-corrected chi connectivity index (χ0v) is 11.0. The molecule has 4 nitrogen and oxygen atoms in total. The first kappa shape index (κ1) is 12.6. The van der Waals surface area contributed by atoms with Crippen LogP contribution in [0.5, 0.6) is 0 Å². The number of hydrogen-bond acceptors (Lipinski definition) is 4. The highest BCUT2D eigenvalue weighted by Gasteiger charge is 2.08. The van der Waals surface area contributed by atoms with Crippen molar-refractivity contribution in [2.75, 3.05) is 5.32 Å². The van der Waals surface area contributed by atoms with Gasteiger partial charge in [0.15, 0.2) is 0 Å². The maximum atomic E-state index is 10.7. The first-order valence-electron chi connectivity index (χ1n) is 5.58. The highest BCUT2D eigenvalue weighted by molar-refractivity contribution is 7.12. The first-order valence-corrected chi connectivity index (χ1v) is 6.40. The number of carboxylic acid groups (broad SMARTS) is 1. The number of carboxylic acids is 1. The standard InChI is InChI=1S/C13H14N2O2S/c1-8-3-6-12(18-8)9(2)15-10-4-5-11(13(16)17)14-7-10/h3-7,9,15H,1-2H3,(H,16,17). The summed E-state index contributed by atoms with van der Waals surface area (Å²) < 4.78 is 0. The molecule has 0 aromatic carbocycles. The van der Waals surface area contributed by atoms with Crippen molar-refractivity contribution in [1.82, 2.24) is 4.98 Å². The summed E-state index contributed by atoms with van der Waals surface area (Å²) in [5.41, 5.74) is 0.874. The fourth-order valence-electron chi connectivity index (χ4n) is 1.61. The summed E-state index contributed by atoms with van der Waals surface area (Å²) in [6, 6.07) is 7.59. The topological polar surface area (TPSA) is 62.2 Å². The van der Waals surface area contributed by atoms with Crippen LogP contribution in [-0.2, 0) is 0 Å². The highest BCUT2D eigenvalue weighted by Crippen LogP contribution is 2.25. The predicted octanol–water partition coefficient (Wildman–Crippen LogP) is 3.32. The summed E-state index contributed by atoms with van der Waals surface area (Å²) in [5.74, 6) is -1.01. The number of aromatic nitrogens is 1. The van der Waals surface area contributed by atoms with Gasteiger partial charge in [-0.05, 0) is 38.1 Å². The molecule has 1 atom stereocenters. The number of hydrogen-bond donors (Lipinski definition) is 2. The van der Waals surface area contributed by atoms with Gasteiger partial charge in [0.25, 0.3) is 0 Å². The Bertz CT molecular complexity index is 548. The van der Waals surface area contributed by atoms with Gasteiger partial charge in [-0.1, -0.05) is 0 Å². The van der Waals surface area contributed by atoms with E-state index in [9.17, 15) is 4.79 Å².